The number of hydrogen-bond donors (Lipinski definition) is 1. The maximum Gasteiger partial charge on any atom is 0.178 e. The van der Waals surface area contributed by atoms with Crippen molar-refractivity contribution in [3.63, 3.8) is 0 Å². The van der Waals surface area contributed by atoms with E-state index in [1.807, 2.05) is 48.7 Å². The summed E-state index contributed by atoms with van der Waals surface area (Å²) in [6, 6.07) is 41.6. The highest BCUT2D eigenvalue weighted by atomic mass is 35.5. The zero-order valence-corrected chi connectivity index (χ0v) is 26.7. The standard InChI is InChI=1S/C39H33ClN6O/c1-27-36-38(44-46(27)39(28-13-5-2-6-14-28,29-15-7-3-8-16-29)30-17-9-4-10-18-30)42-34-25-35(45-21-23-47-24-22-45)41-26-32(34)37(43-36)31-19-11-12-20-33(31)40/h2-20,25-26H,21-24H2,1H3,(H,42,44). The lowest BCUT2D eigenvalue weighted by Gasteiger charge is -2.37. The highest BCUT2D eigenvalue weighted by Crippen LogP contribution is 2.46. The molecule has 0 radical (unpaired) electrons. The molecule has 2 aliphatic rings. The quantitative estimate of drug-likeness (QED) is 0.187. The Morgan fingerprint density at radius 1 is 0.745 bits per heavy atom. The molecule has 4 heterocycles. The van der Waals surface area contributed by atoms with E-state index in [0.29, 0.717) is 24.1 Å². The van der Waals surface area contributed by atoms with Crippen LogP contribution in [0.15, 0.2) is 133 Å². The smallest absolute Gasteiger partial charge is 0.178 e. The van der Waals surface area contributed by atoms with Gasteiger partial charge in [-0.3, -0.25) is 0 Å². The number of ether oxygens (including phenoxy) is 1. The van der Waals surface area contributed by atoms with Crippen molar-refractivity contribution in [3.05, 3.63) is 166 Å². The summed E-state index contributed by atoms with van der Waals surface area (Å²) in [5, 5.41) is 9.74. The number of benzene rings is 4. The van der Waals surface area contributed by atoms with E-state index in [9.17, 15) is 0 Å². The summed E-state index contributed by atoms with van der Waals surface area (Å²) in [7, 11) is 0. The van der Waals surface area contributed by atoms with Crippen LogP contribution in [-0.2, 0) is 10.3 Å². The first kappa shape index (κ1) is 29.2. The molecule has 1 saturated heterocycles. The number of fused-ring (bicyclic) bond motifs is 2. The van der Waals surface area contributed by atoms with Gasteiger partial charge in [0.15, 0.2) is 5.82 Å². The summed E-state index contributed by atoms with van der Waals surface area (Å²) in [5.41, 5.74) is 7.44. The summed E-state index contributed by atoms with van der Waals surface area (Å²) in [5.74, 6) is 1.54. The molecule has 1 fully saturated rings. The van der Waals surface area contributed by atoms with E-state index >= 15 is 0 Å². The number of anilines is 3. The first-order chi connectivity index (χ1) is 23.1. The fraction of sp³-hybridized carbons (Fsp3) is 0.154. The summed E-state index contributed by atoms with van der Waals surface area (Å²) >= 11 is 6.85. The van der Waals surface area contributed by atoms with Crippen LogP contribution in [0.4, 0.5) is 23.0 Å². The van der Waals surface area contributed by atoms with Crippen LogP contribution in [0.1, 0.15) is 33.5 Å². The number of aromatic nitrogens is 3. The topological polar surface area (TPSA) is 67.6 Å². The molecule has 0 amide bonds. The zero-order chi connectivity index (χ0) is 31.8. The number of nitrogens with one attached hydrogen (secondary N) is 1. The first-order valence-corrected chi connectivity index (χ1v) is 16.2. The van der Waals surface area contributed by atoms with Gasteiger partial charge in [0.25, 0.3) is 0 Å². The van der Waals surface area contributed by atoms with Crippen LogP contribution >= 0.6 is 11.6 Å². The third-order valence-electron chi connectivity index (χ3n) is 9.06. The lowest BCUT2D eigenvalue weighted by Crippen LogP contribution is -2.39. The SMILES string of the molecule is Cc1c2c(nn1C(c1ccccc1)(c1ccccc1)c1ccccc1)Nc1cc(N3CCOCC3)ncc1C(c1ccccc1Cl)=N2. The average Bonchev–Trinajstić information content (AvgIpc) is 3.33. The van der Waals surface area contributed by atoms with Crippen LogP contribution in [0, 0.1) is 6.92 Å². The molecular weight excluding hydrogens is 604 g/mol. The van der Waals surface area contributed by atoms with Crippen LogP contribution in [0.5, 0.6) is 0 Å². The van der Waals surface area contributed by atoms with E-state index in [-0.39, 0.29) is 0 Å². The van der Waals surface area contributed by atoms with Crippen molar-refractivity contribution in [2.24, 2.45) is 4.99 Å². The monoisotopic (exact) mass is 636 g/mol. The second-order valence-corrected chi connectivity index (χ2v) is 12.2. The number of nitrogens with zero attached hydrogens (tertiary/aromatic N) is 5. The molecule has 2 aromatic heterocycles. The lowest BCUT2D eigenvalue weighted by atomic mass is 9.77. The Labute approximate surface area is 279 Å². The molecule has 0 atom stereocenters. The van der Waals surface area contributed by atoms with Crippen molar-refractivity contribution in [3.8, 4) is 0 Å². The van der Waals surface area contributed by atoms with Crippen LogP contribution in [0.25, 0.3) is 0 Å². The minimum absolute atomic E-state index is 0.621. The minimum atomic E-state index is -0.790. The Balaban J connectivity index is 1.40. The molecule has 2 aliphatic heterocycles. The van der Waals surface area contributed by atoms with Gasteiger partial charge in [-0.2, -0.15) is 5.10 Å². The molecule has 7 nitrogen and oxygen atoms in total. The van der Waals surface area contributed by atoms with E-state index in [4.69, 9.17) is 31.4 Å². The van der Waals surface area contributed by atoms with Gasteiger partial charge >= 0.3 is 0 Å². The molecule has 8 rings (SSSR count). The number of halogens is 1. The fourth-order valence-corrected chi connectivity index (χ4v) is 7.03. The van der Waals surface area contributed by atoms with Gasteiger partial charge in [-0.15, -0.1) is 0 Å². The van der Waals surface area contributed by atoms with Crippen molar-refractivity contribution < 1.29 is 4.74 Å². The molecule has 8 heteroatoms. The largest absolute Gasteiger partial charge is 0.378 e. The summed E-state index contributed by atoms with van der Waals surface area (Å²) in [4.78, 5) is 12.5. The molecule has 0 spiro atoms. The third-order valence-corrected chi connectivity index (χ3v) is 9.39. The number of morpholine rings is 1. The molecule has 0 aliphatic carbocycles. The molecule has 47 heavy (non-hydrogen) atoms. The van der Waals surface area contributed by atoms with E-state index in [2.05, 4.69) is 101 Å². The van der Waals surface area contributed by atoms with Crippen molar-refractivity contribution in [2.75, 3.05) is 36.5 Å². The first-order valence-electron chi connectivity index (χ1n) is 15.8. The number of aliphatic imine (C=N–C) groups is 1. The van der Waals surface area contributed by atoms with Gasteiger partial charge in [-0.05, 0) is 29.7 Å². The lowest BCUT2D eigenvalue weighted by molar-refractivity contribution is 0.122. The Morgan fingerprint density at radius 3 is 1.91 bits per heavy atom. The Kier molecular flexibility index (Phi) is 7.56. The van der Waals surface area contributed by atoms with Crippen molar-refractivity contribution in [1.82, 2.24) is 14.8 Å². The second-order valence-electron chi connectivity index (χ2n) is 11.8. The normalized spacial score (nSPS) is 14.4. The van der Waals surface area contributed by atoms with Gasteiger partial charge in [0.2, 0.25) is 0 Å². The van der Waals surface area contributed by atoms with Crippen LogP contribution in [-0.4, -0.2) is 46.8 Å². The Bertz CT molecular complexity index is 1980. The Morgan fingerprint density at radius 2 is 1.32 bits per heavy atom. The predicted octanol–water partition coefficient (Wildman–Crippen LogP) is 8.14. The van der Waals surface area contributed by atoms with E-state index in [1.165, 1.54) is 0 Å². The van der Waals surface area contributed by atoms with Crippen LogP contribution in [0.2, 0.25) is 5.02 Å². The van der Waals surface area contributed by atoms with Crippen molar-refractivity contribution in [2.45, 2.75) is 12.5 Å². The maximum atomic E-state index is 6.85. The summed E-state index contributed by atoms with van der Waals surface area (Å²) in [6.07, 6.45) is 1.90. The third kappa shape index (κ3) is 4.99. The maximum absolute atomic E-state index is 6.85. The molecule has 0 saturated carbocycles. The molecule has 1 N–H and O–H groups in total. The molecule has 4 aromatic carbocycles. The van der Waals surface area contributed by atoms with E-state index in [1.54, 1.807) is 0 Å². The second kappa shape index (κ2) is 12.2. The highest BCUT2D eigenvalue weighted by molar-refractivity contribution is 6.36. The minimum Gasteiger partial charge on any atom is -0.378 e. The summed E-state index contributed by atoms with van der Waals surface area (Å²) < 4.78 is 7.75. The van der Waals surface area contributed by atoms with Crippen molar-refractivity contribution in [1.29, 1.82) is 0 Å². The van der Waals surface area contributed by atoms with Gasteiger partial charge < -0.3 is 15.0 Å². The van der Waals surface area contributed by atoms with Gasteiger partial charge in [-0.1, -0.05) is 121 Å². The molecule has 0 unspecified atom stereocenters. The Hall–Kier alpha value is -5.24. The average molecular weight is 637 g/mol. The van der Waals surface area contributed by atoms with Gasteiger partial charge in [0.1, 0.15) is 17.0 Å². The number of rotatable bonds is 6. The molecule has 232 valence electrons. The molecule has 6 aromatic rings. The summed E-state index contributed by atoms with van der Waals surface area (Å²) in [6.45, 7) is 5.01. The van der Waals surface area contributed by atoms with Crippen LogP contribution < -0.4 is 10.2 Å². The molecular formula is C39H33ClN6O. The van der Waals surface area contributed by atoms with Crippen LogP contribution in [0.3, 0.4) is 0 Å². The van der Waals surface area contributed by atoms with Crippen molar-refractivity contribution >= 4 is 40.3 Å². The van der Waals surface area contributed by atoms with Gasteiger partial charge in [0, 0.05) is 41.5 Å². The van der Waals surface area contributed by atoms with Gasteiger partial charge in [-0.25, -0.2) is 14.7 Å². The number of hydrogen-bond acceptors (Lipinski definition) is 6. The number of pyridine rings is 1. The predicted molar refractivity (Wildman–Crippen MR) is 189 cm³/mol. The zero-order valence-electron chi connectivity index (χ0n) is 26.0. The molecule has 0 bridgehead atoms. The van der Waals surface area contributed by atoms with Gasteiger partial charge in [0.05, 0.1) is 30.3 Å². The van der Waals surface area contributed by atoms with E-state index < -0.39 is 5.54 Å². The fourth-order valence-electron chi connectivity index (χ4n) is 6.80. The van der Waals surface area contributed by atoms with E-state index in [0.717, 1.165) is 69.5 Å². The highest BCUT2D eigenvalue weighted by Gasteiger charge is 2.42.